The van der Waals surface area contributed by atoms with Crippen molar-refractivity contribution in [1.29, 1.82) is 0 Å². The molecule has 1 atom stereocenters. The average Bonchev–Trinajstić information content (AvgIpc) is 3.04. The van der Waals surface area contributed by atoms with Gasteiger partial charge in [0.2, 0.25) is 0 Å². The Kier molecular flexibility index (Phi) is 6.16. The van der Waals surface area contributed by atoms with Crippen molar-refractivity contribution in [2.24, 2.45) is 0 Å². The topological polar surface area (TPSA) is 71.5 Å². The minimum absolute atomic E-state index is 0.197. The summed E-state index contributed by atoms with van der Waals surface area (Å²) >= 11 is 1.39. The SMILES string of the molecule is CCOc1ccc(S(=O)(=O)Nc2ncc(CN3CCCCC3C)s2)cc1. The highest BCUT2D eigenvalue weighted by atomic mass is 32.2. The number of rotatable bonds is 7. The molecule has 0 radical (unpaired) electrons. The van der Waals surface area contributed by atoms with Gasteiger partial charge in [-0.3, -0.25) is 9.62 Å². The lowest BCUT2D eigenvalue weighted by atomic mass is 10.0. The molecule has 0 aliphatic carbocycles. The van der Waals surface area contributed by atoms with Gasteiger partial charge in [-0.2, -0.15) is 0 Å². The molecule has 1 N–H and O–H groups in total. The molecule has 8 heteroatoms. The zero-order valence-electron chi connectivity index (χ0n) is 15.1. The number of nitrogens with zero attached hydrogens (tertiary/aromatic N) is 2. The van der Waals surface area contributed by atoms with E-state index in [1.165, 1.54) is 42.7 Å². The smallest absolute Gasteiger partial charge is 0.263 e. The highest BCUT2D eigenvalue weighted by Gasteiger charge is 2.20. The number of hydrogen-bond acceptors (Lipinski definition) is 6. The maximum atomic E-state index is 12.5. The molecule has 2 aromatic rings. The van der Waals surface area contributed by atoms with E-state index in [1.54, 1.807) is 18.3 Å². The molecule has 0 saturated carbocycles. The van der Waals surface area contributed by atoms with Crippen molar-refractivity contribution in [3.05, 3.63) is 35.3 Å². The minimum Gasteiger partial charge on any atom is -0.494 e. The van der Waals surface area contributed by atoms with Crippen molar-refractivity contribution < 1.29 is 13.2 Å². The van der Waals surface area contributed by atoms with Crippen LogP contribution in [-0.2, 0) is 16.6 Å². The fraction of sp³-hybridized carbons (Fsp3) is 0.500. The van der Waals surface area contributed by atoms with Gasteiger partial charge in [-0.05, 0) is 57.5 Å². The van der Waals surface area contributed by atoms with Crippen LogP contribution in [0, 0.1) is 0 Å². The van der Waals surface area contributed by atoms with Crippen LogP contribution in [0.3, 0.4) is 0 Å². The quantitative estimate of drug-likeness (QED) is 0.774. The third-order valence-corrected chi connectivity index (χ3v) is 6.90. The standard InChI is InChI=1S/C18H25N3O3S2/c1-3-24-15-7-9-17(10-8-15)26(22,23)20-18-19-12-16(25-18)13-21-11-5-4-6-14(21)2/h7-10,12,14H,3-6,11,13H2,1-2H3,(H,19,20). The van der Waals surface area contributed by atoms with Crippen molar-refractivity contribution in [2.75, 3.05) is 17.9 Å². The van der Waals surface area contributed by atoms with Crippen molar-refractivity contribution >= 4 is 26.5 Å². The molecular weight excluding hydrogens is 370 g/mol. The molecule has 1 aliphatic rings. The van der Waals surface area contributed by atoms with E-state index < -0.39 is 10.0 Å². The van der Waals surface area contributed by atoms with E-state index >= 15 is 0 Å². The Morgan fingerprint density at radius 3 is 2.77 bits per heavy atom. The van der Waals surface area contributed by atoms with Crippen LogP contribution in [0.25, 0.3) is 0 Å². The van der Waals surface area contributed by atoms with E-state index in [1.807, 2.05) is 6.92 Å². The molecule has 3 rings (SSSR count). The van der Waals surface area contributed by atoms with E-state index in [2.05, 4.69) is 21.5 Å². The Morgan fingerprint density at radius 2 is 2.08 bits per heavy atom. The van der Waals surface area contributed by atoms with Crippen molar-refractivity contribution in [3.63, 3.8) is 0 Å². The van der Waals surface area contributed by atoms with Crippen LogP contribution in [0.15, 0.2) is 35.4 Å². The summed E-state index contributed by atoms with van der Waals surface area (Å²) in [5.41, 5.74) is 0. The molecule has 0 spiro atoms. The number of ether oxygens (including phenoxy) is 1. The average molecular weight is 396 g/mol. The van der Waals surface area contributed by atoms with Gasteiger partial charge in [0.25, 0.3) is 10.0 Å². The van der Waals surface area contributed by atoms with E-state index in [9.17, 15) is 8.42 Å². The van der Waals surface area contributed by atoms with Gasteiger partial charge >= 0.3 is 0 Å². The second-order valence-electron chi connectivity index (χ2n) is 6.46. The van der Waals surface area contributed by atoms with Crippen molar-refractivity contribution in [3.8, 4) is 5.75 Å². The first-order valence-corrected chi connectivity index (χ1v) is 11.2. The first-order valence-electron chi connectivity index (χ1n) is 8.92. The van der Waals surface area contributed by atoms with Gasteiger partial charge in [-0.1, -0.05) is 17.8 Å². The molecule has 1 aliphatic heterocycles. The predicted molar refractivity (Wildman–Crippen MR) is 104 cm³/mol. The van der Waals surface area contributed by atoms with Gasteiger partial charge in [0.05, 0.1) is 11.5 Å². The number of benzene rings is 1. The summed E-state index contributed by atoms with van der Waals surface area (Å²) in [7, 11) is -3.65. The number of anilines is 1. The summed E-state index contributed by atoms with van der Waals surface area (Å²) < 4.78 is 33.0. The maximum absolute atomic E-state index is 12.5. The number of piperidine rings is 1. The van der Waals surface area contributed by atoms with Crippen LogP contribution < -0.4 is 9.46 Å². The predicted octanol–water partition coefficient (Wildman–Crippen LogP) is 3.72. The van der Waals surface area contributed by atoms with Crippen LogP contribution in [-0.4, -0.2) is 37.5 Å². The highest BCUT2D eigenvalue weighted by Crippen LogP contribution is 2.26. The molecule has 1 fully saturated rings. The zero-order chi connectivity index (χ0) is 18.6. The zero-order valence-corrected chi connectivity index (χ0v) is 16.8. The fourth-order valence-corrected chi connectivity index (χ4v) is 5.16. The Morgan fingerprint density at radius 1 is 1.31 bits per heavy atom. The van der Waals surface area contributed by atoms with Gasteiger partial charge < -0.3 is 4.74 Å². The van der Waals surface area contributed by atoms with Crippen LogP contribution in [0.2, 0.25) is 0 Å². The third kappa shape index (κ3) is 4.75. The highest BCUT2D eigenvalue weighted by molar-refractivity contribution is 7.93. The maximum Gasteiger partial charge on any atom is 0.263 e. The van der Waals surface area contributed by atoms with Crippen molar-refractivity contribution in [2.45, 2.75) is 50.6 Å². The Hall–Kier alpha value is -1.64. The van der Waals surface area contributed by atoms with Gasteiger partial charge in [0.15, 0.2) is 5.13 Å². The lowest BCUT2D eigenvalue weighted by Crippen LogP contribution is -2.36. The Bertz CT molecular complexity index is 818. The minimum atomic E-state index is -3.65. The summed E-state index contributed by atoms with van der Waals surface area (Å²) in [6, 6.07) is 6.95. The van der Waals surface area contributed by atoms with Gasteiger partial charge in [0.1, 0.15) is 5.75 Å². The summed E-state index contributed by atoms with van der Waals surface area (Å²) in [5.74, 6) is 0.652. The molecular formula is C18H25N3O3S2. The van der Waals surface area contributed by atoms with Gasteiger partial charge in [-0.25, -0.2) is 13.4 Å². The molecule has 1 aromatic carbocycles. The van der Waals surface area contributed by atoms with E-state index in [0.717, 1.165) is 18.0 Å². The number of aromatic nitrogens is 1. The summed E-state index contributed by atoms with van der Waals surface area (Å²) in [6.07, 6.45) is 5.49. The lowest BCUT2D eigenvalue weighted by molar-refractivity contribution is 0.154. The molecule has 0 amide bonds. The van der Waals surface area contributed by atoms with Crippen LogP contribution in [0.5, 0.6) is 5.75 Å². The number of nitrogens with one attached hydrogen (secondary N) is 1. The van der Waals surface area contributed by atoms with Crippen LogP contribution in [0.4, 0.5) is 5.13 Å². The lowest BCUT2D eigenvalue weighted by Gasteiger charge is -2.32. The van der Waals surface area contributed by atoms with E-state index in [-0.39, 0.29) is 4.90 Å². The van der Waals surface area contributed by atoms with Crippen LogP contribution >= 0.6 is 11.3 Å². The Balaban J connectivity index is 1.65. The number of thiazole rings is 1. The monoisotopic (exact) mass is 395 g/mol. The van der Waals surface area contributed by atoms with Gasteiger partial charge in [0, 0.05) is 23.7 Å². The van der Waals surface area contributed by atoms with Crippen molar-refractivity contribution in [1.82, 2.24) is 9.88 Å². The third-order valence-electron chi connectivity index (χ3n) is 4.52. The first-order chi connectivity index (χ1) is 12.5. The Labute approximate surface area is 159 Å². The number of hydrogen-bond donors (Lipinski definition) is 1. The van der Waals surface area contributed by atoms with Gasteiger partial charge in [-0.15, -0.1) is 0 Å². The molecule has 1 unspecified atom stereocenters. The summed E-state index contributed by atoms with van der Waals surface area (Å²) in [6.45, 7) is 6.59. The van der Waals surface area contributed by atoms with Crippen LogP contribution in [0.1, 0.15) is 38.0 Å². The molecule has 0 bridgehead atoms. The summed E-state index contributed by atoms with van der Waals surface area (Å²) in [5, 5.41) is 0.401. The van der Waals surface area contributed by atoms with E-state index in [4.69, 9.17) is 4.74 Å². The molecule has 1 saturated heterocycles. The molecule has 26 heavy (non-hydrogen) atoms. The largest absolute Gasteiger partial charge is 0.494 e. The normalized spacial score (nSPS) is 18.6. The second kappa shape index (κ2) is 8.37. The number of sulfonamides is 1. The second-order valence-corrected chi connectivity index (χ2v) is 9.25. The number of likely N-dealkylation sites (tertiary alicyclic amines) is 1. The molecule has 2 heterocycles. The molecule has 1 aromatic heterocycles. The first kappa shape index (κ1) is 19.1. The molecule has 6 nitrogen and oxygen atoms in total. The fourth-order valence-electron chi connectivity index (χ4n) is 3.08. The van der Waals surface area contributed by atoms with E-state index in [0.29, 0.717) is 23.5 Å². The summed E-state index contributed by atoms with van der Waals surface area (Å²) in [4.78, 5) is 7.94. The molecule has 142 valence electrons.